The van der Waals surface area contributed by atoms with Gasteiger partial charge in [-0.15, -0.1) is 0 Å². The third kappa shape index (κ3) is 4.79. The van der Waals surface area contributed by atoms with Gasteiger partial charge in [-0.2, -0.15) is 4.98 Å². The maximum Gasteiger partial charge on any atom is 0.407 e. The topological polar surface area (TPSA) is 97.5 Å². The van der Waals surface area contributed by atoms with Crippen molar-refractivity contribution in [1.29, 1.82) is 0 Å². The van der Waals surface area contributed by atoms with Gasteiger partial charge in [-0.25, -0.2) is 4.79 Å². The van der Waals surface area contributed by atoms with Gasteiger partial charge < -0.3 is 19.7 Å². The first-order valence-electron chi connectivity index (χ1n) is 7.86. The van der Waals surface area contributed by atoms with Crippen LogP contribution < -0.4 is 5.32 Å². The molecule has 2 N–H and O–H groups in total. The van der Waals surface area contributed by atoms with E-state index in [0.717, 1.165) is 5.56 Å². The minimum Gasteiger partial charge on any atom is -0.444 e. The summed E-state index contributed by atoms with van der Waals surface area (Å²) in [6, 6.07) is 8.71. The first-order valence-corrected chi connectivity index (χ1v) is 7.86. The van der Waals surface area contributed by atoms with Crippen molar-refractivity contribution in [2.24, 2.45) is 0 Å². The van der Waals surface area contributed by atoms with Crippen LogP contribution in [0.3, 0.4) is 0 Å². The lowest BCUT2D eigenvalue weighted by molar-refractivity contribution is 0.0375. The SMILES string of the molecule is CCC(NC(=O)OC(C)(C)C)C(O)c1nc(-c2ccccc2)no1. The van der Waals surface area contributed by atoms with Crippen LogP contribution in [-0.2, 0) is 4.74 Å². The number of aliphatic hydroxyl groups excluding tert-OH is 1. The predicted octanol–water partition coefficient (Wildman–Crippen LogP) is 3.07. The maximum atomic E-state index is 11.9. The quantitative estimate of drug-likeness (QED) is 0.872. The van der Waals surface area contributed by atoms with Gasteiger partial charge in [0.2, 0.25) is 5.82 Å². The van der Waals surface area contributed by atoms with Crippen LogP contribution in [0, 0.1) is 0 Å². The van der Waals surface area contributed by atoms with Gasteiger partial charge >= 0.3 is 6.09 Å². The fourth-order valence-electron chi connectivity index (χ4n) is 2.10. The first-order chi connectivity index (χ1) is 11.3. The minimum absolute atomic E-state index is 0.0526. The van der Waals surface area contributed by atoms with E-state index in [9.17, 15) is 9.90 Å². The number of aliphatic hydroxyl groups is 1. The van der Waals surface area contributed by atoms with Gasteiger partial charge in [0, 0.05) is 5.56 Å². The average Bonchev–Trinajstić information content (AvgIpc) is 3.01. The van der Waals surface area contributed by atoms with E-state index >= 15 is 0 Å². The lowest BCUT2D eigenvalue weighted by Crippen LogP contribution is -2.42. The highest BCUT2D eigenvalue weighted by molar-refractivity contribution is 5.68. The summed E-state index contributed by atoms with van der Waals surface area (Å²) in [4.78, 5) is 16.1. The second-order valence-electron chi connectivity index (χ2n) is 6.43. The number of amides is 1. The van der Waals surface area contributed by atoms with E-state index < -0.39 is 23.8 Å². The van der Waals surface area contributed by atoms with Gasteiger partial charge in [-0.05, 0) is 27.2 Å². The average molecular weight is 333 g/mol. The third-order valence-electron chi connectivity index (χ3n) is 3.25. The third-order valence-corrected chi connectivity index (χ3v) is 3.25. The molecule has 1 aromatic carbocycles. The molecule has 0 aliphatic rings. The van der Waals surface area contributed by atoms with Gasteiger partial charge in [0.05, 0.1) is 6.04 Å². The number of carbonyl (C=O) groups is 1. The zero-order chi connectivity index (χ0) is 17.7. The van der Waals surface area contributed by atoms with E-state index in [2.05, 4.69) is 15.5 Å². The molecule has 2 atom stereocenters. The Balaban J connectivity index is 2.07. The molecule has 0 saturated carbocycles. The molecule has 0 fully saturated rings. The molecule has 1 heterocycles. The van der Waals surface area contributed by atoms with Crippen molar-refractivity contribution < 1.29 is 19.2 Å². The molecule has 7 heteroatoms. The maximum absolute atomic E-state index is 11.9. The van der Waals surface area contributed by atoms with Crippen LogP contribution in [0.2, 0.25) is 0 Å². The van der Waals surface area contributed by atoms with Crippen LogP contribution >= 0.6 is 0 Å². The number of aromatic nitrogens is 2. The van der Waals surface area contributed by atoms with E-state index in [1.807, 2.05) is 37.3 Å². The summed E-state index contributed by atoms with van der Waals surface area (Å²) in [6.45, 7) is 7.15. The fraction of sp³-hybridized carbons (Fsp3) is 0.471. The van der Waals surface area contributed by atoms with Gasteiger partial charge in [0.25, 0.3) is 5.89 Å². The molecule has 0 spiro atoms. The van der Waals surface area contributed by atoms with Gasteiger partial charge in [0.1, 0.15) is 5.60 Å². The van der Waals surface area contributed by atoms with Crippen molar-refractivity contribution in [2.45, 2.75) is 51.9 Å². The number of hydrogen-bond acceptors (Lipinski definition) is 6. The lowest BCUT2D eigenvalue weighted by Gasteiger charge is -2.24. The second kappa shape index (κ2) is 7.44. The molecule has 0 bridgehead atoms. The number of carbonyl (C=O) groups excluding carboxylic acids is 1. The van der Waals surface area contributed by atoms with Crippen molar-refractivity contribution >= 4 is 6.09 Å². The molecule has 7 nitrogen and oxygen atoms in total. The van der Waals surface area contributed by atoms with E-state index in [1.165, 1.54) is 0 Å². The van der Waals surface area contributed by atoms with Gasteiger partial charge in [-0.1, -0.05) is 42.4 Å². The normalized spacial score (nSPS) is 14.0. The number of ether oxygens (including phenoxy) is 1. The van der Waals surface area contributed by atoms with Crippen molar-refractivity contribution in [3.8, 4) is 11.4 Å². The van der Waals surface area contributed by atoms with Gasteiger partial charge in [0.15, 0.2) is 6.10 Å². The zero-order valence-corrected chi connectivity index (χ0v) is 14.3. The minimum atomic E-state index is -1.12. The van der Waals surface area contributed by atoms with Crippen molar-refractivity contribution in [2.75, 3.05) is 0 Å². The smallest absolute Gasteiger partial charge is 0.407 e. The Morgan fingerprint density at radius 3 is 2.58 bits per heavy atom. The summed E-state index contributed by atoms with van der Waals surface area (Å²) < 4.78 is 10.3. The van der Waals surface area contributed by atoms with Crippen LogP contribution in [-0.4, -0.2) is 33.0 Å². The van der Waals surface area contributed by atoms with Crippen LogP contribution in [0.25, 0.3) is 11.4 Å². The summed E-state index contributed by atoms with van der Waals surface area (Å²) >= 11 is 0. The highest BCUT2D eigenvalue weighted by Gasteiger charge is 2.28. The molecule has 24 heavy (non-hydrogen) atoms. The summed E-state index contributed by atoms with van der Waals surface area (Å²) in [5.74, 6) is 0.438. The fourth-order valence-corrected chi connectivity index (χ4v) is 2.10. The number of alkyl carbamates (subject to hydrolysis) is 1. The molecule has 0 aliphatic carbocycles. The highest BCUT2D eigenvalue weighted by atomic mass is 16.6. The Bertz CT molecular complexity index is 664. The highest BCUT2D eigenvalue weighted by Crippen LogP contribution is 2.22. The summed E-state index contributed by atoms with van der Waals surface area (Å²) in [5, 5.41) is 16.9. The molecule has 2 unspecified atom stereocenters. The zero-order valence-electron chi connectivity index (χ0n) is 14.3. The van der Waals surface area contributed by atoms with E-state index in [1.54, 1.807) is 20.8 Å². The summed E-state index contributed by atoms with van der Waals surface area (Å²) in [6.07, 6.45) is -1.24. The number of nitrogens with one attached hydrogen (secondary N) is 1. The Morgan fingerprint density at radius 2 is 2.00 bits per heavy atom. The molecular formula is C17H23N3O4. The summed E-state index contributed by atoms with van der Waals surface area (Å²) in [5.41, 5.74) is 0.172. The lowest BCUT2D eigenvalue weighted by atomic mass is 10.1. The molecular weight excluding hydrogens is 310 g/mol. The Morgan fingerprint density at radius 1 is 1.33 bits per heavy atom. The Kier molecular flexibility index (Phi) is 5.56. The van der Waals surface area contributed by atoms with Crippen LogP contribution in [0.15, 0.2) is 34.9 Å². The Labute approximate surface area is 141 Å². The molecule has 2 rings (SSSR count). The first kappa shape index (κ1) is 17.9. The molecule has 0 aliphatic heterocycles. The van der Waals surface area contributed by atoms with Crippen molar-refractivity contribution in [3.05, 3.63) is 36.2 Å². The van der Waals surface area contributed by atoms with Crippen molar-refractivity contribution in [1.82, 2.24) is 15.5 Å². The molecule has 130 valence electrons. The second-order valence-corrected chi connectivity index (χ2v) is 6.43. The van der Waals surface area contributed by atoms with E-state index in [0.29, 0.717) is 12.2 Å². The van der Waals surface area contributed by atoms with E-state index in [-0.39, 0.29) is 5.89 Å². The molecule has 1 amide bonds. The molecule has 1 aromatic heterocycles. The van der Waals surface area contributed by atoms with E-state index in [4.69, 9.17) is 9.26 Å². The molecule has 2 aromatic rings. The molecule has 0 radical (unpaired) electrons. The molecule has 0 saturated heterocycles. The van der Waals surface area contributed by atoms with Crippen LogP contribution in [0.4, 0.5) is 4.79 Å². The predicted molar refractivity (Wildman–Crippen MR) is 88.1 cm³/mol. The Hall–Kier alpha value is -2.41. The van der Waals surface area contributed by atoms with Crippen molar-refractivity contribution in [3.63, 3.8) is 0 Å². The number of nitrogens with zero attached hydrogens (tertiary/aromatic N) is 2. The van der Waals surface area contributed by atoms with Crippen LogP contribution in [0.5, 0.6) is 0 Å². The van der Waals surface area contributed by atoms with Gasteiger partial charge in [-0.3, -0.25) is 0 Å². The summed E-state index contributed by atoms with van der Waals surface area (Å²) in [7, 11) is 0. The largest absolute Gasteiger partial charge is 0.444 e. The standard InChI is InChI=1S/C17H23N3O4/c1-5-12(18-16(22)23-17(2,3)4)13(21)15-19-14(20-24-15)11-9-7-6-8-10-11/h6-10,12-13,21H,5H2,1-4H3,(H,18,22). The monoisotopic (exact) mass is 333 g/mol. The number of hydrogen-bond donors (Lipinski definition) is 2. The van der Waals surface area contributed by atoms with Crippen LogP contribution in [0.1, 0.15) is 46.1 Å². The number of benzene rings is 1. The number of rotatable bonds is 5.